The average molecular weight is 277 g/mol. The van der Waals surface area contributed by atoms with Crippen LogP contribution >= 0.6 is 0 Å². The molecule has 0 spiro atoms. The zero-order valence-electron chi connectivity index (χ0n) is 12.9. The summed E-state index contributed by atoms with van der Waals surface area (Å²) in [4.78, 5) is 0. The second-order valence-corrected chi connectivity index (χ2v) is 6.01. The molecule has 3 heteroatoms. The summed E-state index contributed by atoms with van der Waals surface area (Å²) in [5.41, 5.74) is 6.64. The molecule has 0 bridgehead atoms. The van der Waals surface area contributed by atoms with Gasteiger partial charge in [0.15, 0.2) is 0 Å². The molecule has 1 aromatic rings. The number of anilines is 1. The summed E-state index contributed by atoms with van der Waals surface area (Å²) in [6.07, 6.45) is 6.66. The summed E-state index contributed by atoms with van der Waals surface area (Å²) in [6, 6.07) is 5.71. The summed E-state index contributed by atoms with van der Waals surface area (Å²) in [5.74, 6) is 2.30. The highest BCUT2D eigenvalue weighted by Crippen LogP contribution is 2.32. The maximum Gasteiger partial charge on any atom is 0.125 e. The Labute approximate surface area is 122 Å². The lowest BCUT2D eigenvalue weighted by Crippen LogP contribution is -2.29. The molecule has 1 fully saturated rings. The topological polar surface area (TPSA) is 44.5 Å². The van der Waals surface area contributed by atoms with Crippen molar-refractivity contribution in [1.82, 2.24) is 0 Å². The second kappa shape index (κ2) is 6.87. The number of nitrogen functional groups attached to an aromatic ring is 1. The van der Waals surface area contributed by atoms with Gasteiger partial charge < -0.3 is 15.2 Å². The molecule has 1 aliphatic rings. The van der Waals surface area contributed by atoms with Crippen LogP contribution in [0.2, 0.25) is 0 Å². The van der Waals surface area contributed by atoms with Crippen LogP contribution in [-0.4, -0.2) is 12.2 Å². The third kappa shape index (κ3) is 4.06. The van der Waals surface area contributed by atoms with Gasteiger partial charge in [-0.25, -0.2) is 0 Å². The van der Waals surface area contributed by atoms with E-state index in [0.29, 0.717) is 17.7 Å². The molecule has 0 heterocycles. The highest BCUT2D eigenvalue weighted by Gasteiger charge is 2.25. The Kier molecular flexibility index (Phi) is 5.16. The van der Waals surface area contributed by atoms with Gasteiger partial charge in [-0.1, -0.05) is 13.3 Å². The smallest absolute Gasteiger partial charge is 0.125 e. The molecule has 0 aromatic heterocycles. The molecule has 20 heavy (non-hydrogen) atoms. The molecular formula is C17H27NO2. The van der Waals surface area contributed by atoms with E-state index in [-0.39, 0.29) is 6.10 Å². The Morgan fingerprint density at radius 2 is 1.85 bits per heavy atom. The van der Waals surface area contributed by atoms with Crippen molar-refractivity contribution in [2.24, 2.45) is 5.92 Å². The SMILES string of the molecule is CCC1CCCCC1Oc1cc(N)cc(OC(C)C)c1. The van der Waals surface area contributed by atoms with Gasteiger partial charge >= 0.3 is 0 Å². The maximum atomic E-state index is 6.20. The van der Waals surface area contributed by atoms with Crippen molar-refractivity contribution in [2.75, 3.05) is 5.73 Å². The summed E-state index contributed by atoms with van der Waals surface area (Å²) >= 11 is 0. The molecule has 1 aliphatic carbocycles. The molecule has 0 amide bonds. The van der Waals surface area contributed by atoms with Crippen molar-refractivity contribution in [2.45, 2.75) is 65.1 Å². The number of rotatable bonds is 5. The molecule has 112 valence electrons. The van der Waals surface area contributed by atoms with E-state index in [9.17, 15) is 0 Å². The van der Waals surface area contributed by atoms with Crippen molar-refractivity contribution in [3.63, 3.8) is 0 Å². The van der Waals surface area contributed by atoms with Crippen LogP contribution in [0.1, 0.15) is 52.9 Å². The number of ether oxygens (including phenoxy) is 2. The van der Waals surface area contributed by atoms with E-state index >= 15 is 0 Å². The predicted molar refractivity (Wildman–Crippen MR) is 83.3 cm³/mol. The number of benzene rings is 1. The minimum Gasteiger partial charge on any atom is -0.491 e. The van der Waals surface area contributed by atoms with Crippen LogP contribution in [0.15, 0.2) is 18.2 Å². The van der Waals surface area contributed by atoms with Crippen LogP contribution < -0.4 is 15.2 Å². The first-order valence-corrected chi connectivity index (χ1v) is 7.82. The molecular weight excluding hydrogens is 250 g/mol. The summed E-state index contributed by atoms with van der Waals surface area (Å²) in [7, 11) is 0. The van der Waals surface area contributed by atoms with Crippen LogP contribution in [0.4, 0.5) is 5.69 Å². The molecule has 0 aliphatic heterocycles. The Hall–Kier alpha value is -1.38. The lowest BCUT2D eigenvalue weighted by atomic mass is 9.85. The lowest BCUT2D eigenvalue weighted by Gasteiger charge is -2.31. The number of hydrogen-bond donors (Lipinski definition) is 1. The lowest BCUT2D eigenvalue weighted by molar-refractivity contribution is 0.0900. The van der Waals surface area contributed by atoms with Gasteiger partial charge in [-0.05, 0) is 45.4 Å². The number of nitrogens with two attached hydrogens (primary N) is 1. The monoisotopic (exact) mass is 277 g/mol. The highest BCUT2D eigenvalue weighted by atomic mass is 16.5. The molecule has 2 rings (SSSR count). The fourth-order valence-corrected chi connectivity index (χ4v) is 2.97. The largest absolute Gasteiger partial charge is 0.491 e. The van der Waals surface area contributed by atoms with Gasteiger partial charge in [0.1, 0.15) is 17.6 Å². The Morgan fingerprint density at radius 1 is 1.15 bits per heavy atom. The van der Waals surface area contributed by atoms with Crippen molar-refractivity contribution >= 4 is 5.69 Å². The molecule has 1 saturated carbocycles. The van der Waals surface area contributed by atoms with Gasteiger partial charge in [-0.15, -0.1) is 0 Å². The zero-order chi connectivity index (χ0) is 14.5. The first-order valence-electron chi connectivity index (χ1n) is 7.82. The molecule has 2 atom stereocenters. The van der Waals surface area contributed by atoms with Crippen LogP contribution in [-0.2, 0) is 0 Å². The van der Waals surface area contributed by atoms with Crippen LogP contribution in [0.5, 0.6) is 11.5 Å². The first kappa shape index (κ1) is 15.0. The normalized spacial score (nSPS) is 22.8. The quantitative estimate of drug-likeness (QED) is 0.811. The summed E-state index contributed by atoms with van der Waals surface area (Å²) < 4.78 is 11.9. The van der Waals surface area contributed by atoms with E-state index in [0.717, 1.165) is 17.9 Å². The van der Waals surface area contributed by atoms with Gasteiger partial charge in [-0.2, -0.15) is 0 Å². The van der Waals surface area contributed by atoms with E-state index in [1.165, 1.54) is 25.7 Å². The van der Waals surface area contributed by atoms with Crippen molar-refractivity contribution in [3.05, 3.63) is 18.2 Å². The summed E-state index contributed by atoms with van der Waals surface area (Å²) in [6.45, 7) is 6.27. The van der Waals surface area contributed by atoms with E-state index < -0.39 is 0 Å². The van der Waals surface area contributed by atoms with Crippen LogP contribution in [0.25, 0.3) is 0 Å². The molecule has 2 unspecified atom stereocenters. The Balaban J connectivity index is 2.09. The van der Waals surface area contributed by atoms with E-state index in [4.69, 9.17) is 15.2 Å². The molecule has 2 N–H and O–H groups in total. The van der Waals surface area contributed by atoms with Crippen molar-refractivity contribution in [3.8, 4) is 11.5 Å². The third-order valence-corrected chi connectivity index (χ3v) is 3.93. The van der Waals surface area contributed by atoms with Gasteiger partial charge in [0.05, 0.1) is 6.10 Å². The molecule has 3 nitrogen and oxygen atoms in total. The third-order valence-electron chi connectivity index (χ3n) is 3.93. The Morgan fingerprint density at radius 3 is 2.55 bits per heavy atom. The van der Waals surface area contributed by atoms with Crippen LogP contribution in [0, 0.1) is 5.92 Å². The van der Waals surface area contributed by atoms with Crippen molar-refractivity contribution < 1.29 is 9.47 Å². The first-order chi connectivity index (χ1) is 9.58. The maximum absolute atomic E-state index is 6.20. The predicted octanol–water partition coefficient (Wildman–Crippen LogP) is 4.40. The van der Waals surface area contributed by atoms with Gasteiger partial charge in [-0.3, -0.25) is 0 Å². The van der Waals surface area contributed by atoms with Gasteiger partial charge in [0.2, 0.25) is 0 Å². The fourth-order valence-electron chi connectivity index (χ4n) is 2.97. The highest BCUT2D eigenvalue weighted by molar-refractivity contribution is 5.50. The van der Waals surface area contributed by atoms with E-state index in [2.05, 4.69) is 6.92 Å². The standard InChI is InChI=1S/C17H27NO2/c1-4-13-7-5-6-8-17(13)20-16-10-14(18)9-15(11-16)19-12(2)3/h9-13,17H,4-8,18H2,1-3H3. The zero-order valence-corrected chi connectivity index (χ0v) is 12.9. The Bertz CT molecular complexity index is 431. The van der Waals surface area contributed by atoms with E-state index in [1.807, 2.05) is 32.0 Å². The molecule has 0 saturated heterocycles. The van der Waals surface area contributed by atoms with Crippen LogP contribution in [0.3, 0.4) is 0 Å². The second-order valence-electron chi connectivity index (χ2n) is 6.01. The minimum atomic E-state index is 0.141. The fraction of sp³-hybridized carbons (Fsp3) is 0.647. The molecule has 1 aromatic carbocycles. The number of hydrogen-bond acceptors (Lipinski definition) is 3. The molecule has 0 radical (unpaired) electrons. The van der Waals surface area contributed by atoms with Gasteiger partial charge in [0.25, 0.3) is 0 Å². The average Bonchev–Trinajstić information content (AvgIpc) is 2.37. The van der Waals surface area contributed by atoms with Gasteiger partial charge in [0, 0.05) is 23.9 Å². The van der Waals surface area contributed by atoms with E-state index in [1.54, 1.807) is 0 Å². The summed E-state index contributed by atoms with van der Waals surface area (Å²) in [5, 5.41) is 0. The van der Waals surface area contributed by atoms with Crippen molar-refractivity contribution in [1.29, 1.82) is 0 Å². The minimum absolute atomic E-state index is 0.141.